The van der Waals surface area contributed by atoms with E-state index < -0.39 is 0 Å². The van der Waals surface area contributed by atoms with Gasteiger partial charge in [-0.1, -0.05) is 23.2 Å². The molecule has 18 heavy (non-hydrogen) atoms. The number of aliphatic hydroxyl groups excluding tert-OH is 1. The molecule has 0 aliphatic heterocycles. The summed E-state index contributed by atoms with van der Waals surface area (Å²) in [6, 6.07) is 1.82. The SMILES string of the molecule is Cc1nc2c(Cl)nc(Cl)cc2n1C1CCCC1O. The van der Waals surface area contributed by atoms with Crippen LogP contribution in [0.4, 0.5) is 0 Å². The lowest BCUT2D eigenvalue weighted by Gasteiger charge is -2.19. The molecular formula is C12H13Cl2N3O. The fourth-order valence-corrected chi connectivity index (χ4v) is 3.24. The molecule has 0 radical (unpaired) electrons. The van der Waals surface area contributed by atoms with E-state index in [-0.39, 0.29) is 12.1 Å². The van der Waals surface area contributed by atoms with E-state index in [4.69, 9.17) is 23.2 Å². The van der Waals surface area contributed by atoms with Crippen molar-refractivity contribution in [3.8, 4) is 0 Å². The zero-order chi connectivity index (χ0) is 12.9. The monoisotopic (exact) mass is 285 g/mol. The third-order valence-electron chi connectivity index (χ3n) is 3.56. The number of aromatic nitrogens is 3. The van der Waals surface area contributed by atoms with Crippen molar-refractivity contribution in [2.45, 2.75) is 38.3 Å². The Kier molecular flexibility index (Phi) is 2.96. The van der Waals surface area contributed by atoms with Crippen LogP contribution in [0.3, 0.4) is 0 Å². The second-order valence-electron chi connectivity index (χ2n) is 4.70. The summed E-state index contributed by atoms with van der Waals surface area (Å²) in [6.07, 6.45) is 2.48. The van der Waals surface area contributed by atoms with Gasteiger partial charge in [0.25, 0.3) is 0 Å². The molecular weight excluding hydrogens is 273 g/mol. The summed E-state index contributed by atoms with van der Waals surface area (Å²) >= 11 is 12.0. The van der Waals surface area contributed by atoms with Crippen LogP contribution in [0.1, 0.15) is 31.1 Å². The highest BCUT2D eigenvalue weighted by atomic mass is 35.5. The lowest BCUT2D eigenvalue weighted by molar-refractivity contribution is 0.137. The Morgan fingerprint density at radius 1 is 1.33 bits per heavy atom. The van der Waals surface area contributed by atoms with E-state index in [1.54, 1.807) is 6.07 Å². The van der Waals surface area contributed by atoms with Crippen LogP contribution in [0.5, 0.6) is 0 Å². The summed E-state index contributed by atoms with van der Waals surface area (Å²) in [5.41, 5.74) is 1.50. The minimum Gasteiger partial charge on any atom is -0.391 e. The maximum atomic E-state index is 10.1. The third kappa shape index (κ3) is 1.79. The topological polar surface area (TPSA) is 50.9 Å². The first-order chi connectivity index (χ1) is 8.58. The minimum absolute atomic E-state index is 0.0598. The van der Waals surface area contributed by atoms with Crippen molar-refractivity contribution in [1.29, 1.82) is 0 Å². The van der Waals surface area contributed by atoms with E-state index in [9.17, 15) is 5.11 Å². The fourth-order valence-electron chi connectivity index (χ4n) is 2.78. The van der Waals surface area contributed by atoms with Gasteiger partial charge >= 0.3 is 0 Å². The average molecular weight is 286 g/mol. The molecule has 1 saturated carbocycles. The number of hydrogen-bond acceptors (Lipinski definition) is 3. The van der Waals surface area contributed by atoms with Crippen LogP contribution < -0.4 is 0 Å². The van der Waals surface area contributed by atoms with Crippen LogP contribution in [0.15, 0.2) is 6.07 Å². The quantitative estimate of drug-likeness (QED) is 0.819. The Bertz CT molecular complexity index is 611. The van der Waals surface area contributed by atoms with Crippen LogP contribution in [0.2, 0.25) is 10.3 Å². The average Bonchev–Trinajstić information content (AvgIpc) is 2.82. The second-order valence-corrected chi connectivity index (χ2v) is 5.44. The Labute approximate surface area is 115 Å². The van der Waals surface area contributed by atoms with Gasteiger partial charge in [0.2, 0.25) is 0 Å². The molecule has 1 aliphatic rings. The molecule has 1 N–H and O–H groups in total. The van der Waals surface area contributed by atoms with Gasteiger partial charge < -0.3 is 9.67 Å². The Hall–Kier alpha value is -0.840. The molecule has 2 unspecified atom stereocenters. The van der Waals surface area contributed by atoms with Crippen molar-refractivity contribution in [1.82, 2.24) is 14.5 Å². The Balaban J connectivity index is 2.25. The lowest BCUT2D eigenvalue weighted by atomic mass is 10.2. The number of nitrogens with zero attached hydrogens (tertiary/aromatic N) is 3. The summed E-state index contributed by atoms with van der Waals surface area (Å²) in [5.74, 6) is 0.835. The number of hydrogen-bond donors (Lipinski definition) is 1. The van der Waals surface area contributed by atoms with Gasteiger partial charge in [0, 0.05) is 6.07 Å². The molecule has 0 aromatic carbocycles. The highest BCUT2D eigenvalue weighted by Crippen LogP contribution is 2.35. The highest BCUT2D eigenvalue weighted by Gasteiger charge is 2.29. The van der Waals surface area contributed by atoms with E-state index in [0.29, 0.717) is 15.8 Å². The molecule has 2 heterocycles. The van der Waals surface area contributed by atoms with Crippen LogP contribution in [0.25, 0.3) is 11.0 Å². The van der Waals surface area contributed by atoms with Crippen LogP contribution in [-0.4, -0.2) is 25.7 Å². The minimum atomic E-state index is -0.327. The second kappa shape index (κ2) is 4.37. The molecule has 96 valence electrons. The van der Waals surface area contributed by atoms with E-state index in [1.165, 1.54) is 0 Å². The maximum Gasteiger partial charge on any atom is 0.158 e. The Morgan fingerprint density at radius 2 is 2.11 bits per heavy atom. The molecule has 0 saturated heterocycles. The molecule has 1 fully saturated rings. The van der Waals surface area contributed by atoms with Gasteiger partial charge in [0.15, 0.2) is 5.15 Å². The number of aliphatic hydroxyl groups is 1. The van der Waals surface area contributed by atoms with E-state index >= 15 is 0 Å². The van der Waals surface area contributed by atoms with E-state index in [2.05, 4.69) is 9.97 Å². The molecule has 0 bridgehead atoms. The summed E-state index contributed by atoms with van der Waals surface area (Å²) < 4.78 is 2.03. The van der Waals surface area contributed by atoms with Crippen molar-refractivity contribution in [3.63, 3.8) is 0 Å². The lowest BCUT2D eigenvalue weighted by Crippen LogP contribution is -2.19. The van der Waals surface area contributed by atoms with Crippen LogP contribution >= 0.6 is 23.2 Å². The van der Waals surface area contributed by atoms with Gasteiger partial charge in [0.1, 0.15) is 16.5 Å². The van der Waals surface area contributed by atoms with Crippen molar-refractivity contribution in [2.75, 3.05) is 0 Å². The van der Waals surface area contributed by atoms with Crippen molar-refractivity contribution < 1.29 is 5.11 Å². The summed E-state index contributed by atoms with van der Waals surface area (Å²) in [5, 5.41) is 10.7. The maximum absolute atomic E-state index is 10.1. The summed E-state index contributed by atoms with van der Waals surface area (Å²) in [7, 11) is 0. The smallest absolute Gasteiger partial charge is 0.158 e. The van der Waals surface area contributed by atoms with Gasteiger partial charge in [-0.25, -0.2) is 9.97 Å². The molecule has 1 aliphatic carbocycles. The zero-order valence-electron chi connectivity index (χ0n) is 9.90. The summed E-state index contributed by atoms with van der Waals surface area (Å²) in [4.78, 5) is 8.43. The van der Waals surface area contributed by atoms with Gasteiger partial charge in [-0.05, 0) is 26.2 Å². The first-order valence-electron chi connectivity index (χ1n) is 5.96. The highest BCUT2D eigenvalue weighted by molar-refractivity contribution is 6.36. The van der Waals surface area contributed by atoms with Crippen molar-refractivity contribution >= 4 is 34.2 Å². The van der Waals surface area contributed by atoms with Crippen LogP contribution in [0, 0.1) is 6.92 Å². The third-order valence-corrected chi connectivity index (χ3v) is 4.01. The van der Waals surface area contributed by atoms with E-state index in [0.717, 1.165) is 30.6 Å². The summed E-state index contributed by atoms with van der Waals surface area (Å²) in [6.45, 7) is 1.91. The van der Waals surface area contributed by atoms with Gasteiger partial charge in [-0.15, -0.1) is 0 Å². The number of halogens is 2. The number of aryl methyl sites for hydroxylation is 1. The first-order valence-corrected chi connectivity index (χ1v) is 6.72. The van der Waals surface area contributed by atoms with Crippen molar-refractivity contribution in [3.05, 3.63) is 22.2 Å². The molecule has 2 aromatic rings. The van der Waals surface area contributed by atoms with Gasteiger partial charge in [-0.3, -0.25) is 0 Å². The first kappa shape index (κ1) is 12.2. The normalized spacial score (nSPS) is 24.0. The molecule has 2 aromatic heterocycles. The molecule has 0 spiro atoms. The standard InChI is InChI=1S/C12H13Cl2N3O/c1-6-15-11-8(5-10(13)16-12(11)14)17(6)7-3-2-4-9(7)18/h5,7,9,18H,2-4H2,1H3. The largest absolute Gasteiger partial charge is 0.391 e. The van der Waals surface area contributed by atoms with Crippen molar-refractivity contribution in [2.24, 2.45) is 0 Å². The van der Waals surface area contributed by atoms with Gasteiger partial charge in [0.05, 0.1) is 17.7 Å². The number of imidazole rings is 1. The fraction of sp³-hybridized carbons (Fsp3) is 0.500. The number of pyridine rings is 1. The molecule has 6 heteroatoms. The molecule has 3 rings (SSSR count). The van der Waals surface area contributed by atoms with Gasteiger partial charge in [-0.2, -0.15) is 0 Å². The zero-order valence-corrected chi connectivity index (χ0v) is 11.4. The molecule has 2 atom stereocenters. The van der Waals surface area contributed by atoms with E-state index in [1.807, 2.05) is 11.5 Å². The predicted molar refractivity (Wildman–Crippen MR) is 71.2 cm³/mol. The molecule has 0 amide bonds. The number of fused-ring (bicyclic) bond motifs is 1. The molecule has 4 nitrogen and oxygen atoms in total. The van der Waals surface area contributed by atoms with Crippen LogP contribution in [-0.2, 0) is 0 Å². The number of rotatable bonds is 1. The predicted octanol–water partition coefficient (Wildman–Crippen LogP) is 3.13. The Morgan fingerprint density at radius 3 is 2.78 bits per heavy atom.